The Balaban J connectivity index is 1.48. The Bertz CT molecular complexity index is 1200. The van der Waals surface area contributed by atoms with Gasteiger partial charge in [-0.3, -0.25) is 0 Å². The van der Waals surface area contributed by atoms with Gasteiger partial charge in [-0.15, -0.1) is 5.11 Å². The molecular weight excluding hydrogens is 376 g/mol. The van der Waals surface area contributed by atoms with Gasteiger partial charge in [-0.05, 0) is 59.8 Å². The Kier molecular flexibility index (Phi) is 5.87. The van der Waals surface area contributed by atoms with Crippen LogP contribution in [0.15, 0.2) is 105 Å². The van der Waals surface area contributed by atoms with Gasteiger partial charge in [0.1, 0.15) is 11.4 Å². The van der Waals surface area contributed by atoms with Crippen LogP contribution in [0.2, 0.25) is 0 Å². The highest BCUT2D eigenvalue weighted by Gasteiger charge is 2.05. The molecule has 6 nitrogen and oxygen atoms in total. The summed E-state index contributed by atoms with van der Waals surface area (Å²) in [5, 5.41) is 37.9. The molecule has 0 bridgehead atoms. The summed E-state index contributed by atoms with van der Waals surface area (Å²) in [4.78, 5) is 0. The largest absolute Gasteiger partial charge is 0.506 e. The van der Waals surface area contributed by atoms with E-state index in [0.717, 1.165) is 22.0 Å². The van der Waals surface area contributed by atoms with Gasteiger partial charge in [-0.2, -0.15) is 15.3 Å². The second-order valence-electron chi connectivity index (χ2n) is 6.71. The highest BCUT2D eigenvalue weighted by atomic mass is 16.3. The highest BCUT2D eigenvalue weighted by Crippen LogP contribution is 2.36. The van der Waals surface area contributed by atoms with Crippen LogP contribution < -0.4 is 0 Å². The van der Waals surface area contributed by atoms with Gasteiger partial charge < -0.3 is 10.2 Å². The average Bonchev–Trinajstić information content (AvgIpc) is 2.79. The first-order chi connectivity index (χ1) is 14.7. The van der Waals surface area contributed by atoms with E-state index in [1.165, 1.54) is 0 Å². The first-order valence-electron chi connectivity index (χ1n) is 9.57. The summed E-state index contributed by atoms with van der Waals surface area (Å²) >= 11 is 0. The number of phenols is 1. The number of phenolic OH excluding ortho intramolecular Hbond substituents is 1. The van der Waals surface area contributed by atoms with Crippen molar-refractivity contribution in [1.82, 2.24) is 0 Å². The zero-order chi connectivity index (χ0) is 20.8. The Morgan fingerprint density at radius 1 is 0.600 bits per heavy atom. The molecule has 4 aromatic carbocycles. The summed E-state index contributed by atoms with van der Waals surface area (Å²) < 4.78 is 0. The molecule has 0 fully saturated rings. The lowest BCUT2D eigenvalue weighted by atomic mass is 10.1. The van der Waals surface area contributed by atoms with Gasteiger partial charge in [0.25, 0.3) is 0 Å². The van der Waals surface area contributed by atoms with Crippen LogP contribution in [-0.4, -0.2) is 16.8 Å². The van der Waals surface area contributed by atoms with E-state index >= 15 is 0 Å². The molecule has 0 unspecified atom stereocenters. The smallest absolute Gasteiger partial charge is 0.143 e. The molecule has 0 heterocycles. The summed E-state index contributed by atoms with van der Waals surface area (Å²) in [7, 11) is 0. The third-order valence-corrected chi connectivity index (χ3v) is 4.61. The van der Waals surface area contributed by atoms with Gasteiger partial charge in [0.05, 0.1) is 17.1 Å². The molecule has 30 heavy (non-hydrogen) atoms. The summed E-state index contributed by atoms with van der Waals surface area (Å²) in [5.41, 5.74) is 3.59. The predicted octanol–water partition coefficient (Wildman–Crippen LogP) is 6.91. The summed E-state index contributed by atoms with van der Waals surface area (Å²) in [6, 6.07) is 26.0. The number of benzene rings is 4. The molecule has 0 amide bonds. The van der Waals surface area contributed by atoms with Crippen molar-refractivity contribution in [2.75, 3.05) is 6.61 Å². The molecule has 0 atom stereocenters. The Morgan fingerprint density at radius 3 is 1.80 bits per heavy atom. The van der Waals surface area contributed by atoms with Gasteiger partial charge in [0, 0.05) is 12.0 Å². The van der Waals surface area contributed by atoms with Crippen LogP contribution in [0.1, 0.15) is 5.56 Å². The van der Waals surface area contributed by atoms with Crippen molar-refractivity contribution in [2.45, 2.75) is 6.42 Å². The molecule has 0 aliphatic heterocycles. The summed E-state index contributed by atoms with van der Waals surface area (Å²) in [6.07, 6.45) is 0.629. The number of aliphatic hydroxyl groups excluding tert-OH is 1. The van der Waals surface area contributed by atoms with E-state index in [1.54, 1.807) is 30.3 Å². The minimum Gasteiger partial charge on any atom is -0.506 e. The summed E-state index contributed by atoms with van der Waals surface area (Å²) in [5.74, 6) is 0.0906. The van der Waals surface area contributed by atoms with Crippen molar-refractivity contribution in [1.29, 1.82) is 0 Å². The number of fused-ring (bicyclic) bond motifs is 1. The van der Waals surface area contributed by atoms with Crippen LogP contribution in [0.25, 0.3) is 10.8 Å². The van der Waals surface area contributed by atoms with E-state index in [4.69, 9.17) is 5.11 Å². The maximum Gasteiger partial charge on any atom is 0.143 e. The summed E-state index contributed by atoms with van der Waals surface area (Å²) in [6.45, 7) is 0.130. The lowest BCUT2D eigenvalue weighted by Gasteiger charge is -2.03. The molecular formula is C24H20N4O2. The lowest BCUT2D eigenvalue weighted by molar-refractivity contribution is 0.299. The Hall–Kier alpha value is -3.90. The Morgan fingerprint density at radius 2 is 1.17 bits per heavy atom. The van der Waals surface area contributed by atoms with E-state index in [-0.39, 0.29) is 12.4 Å². The van der Waals surface area contributed by atoms with Crippen molar-refractivity contribution in [3.05, 3.63) is 90.5 Å². The van der Waals surface area contributed by atoms with E-state index in [1.807, 2.05) is 54.6 Å². The average molecular weight is 396 g/mol. The molecule has 0 saturated heterocycles. The highest BCUT2D eigenvalue weighted by molar-refractivity contribution is 5.95. The van der Waals surface area contributed by atoms with Crippen molar-refractivity contribution in [2.24, 2.45) is 20.5 Å². The van der Waals surface area contributed by atoms with Crippen LogP contribution in [0, 0.1) is 0 Å². The fourth-order valence-corrected chi connectivity index (χ4v) is 3.02. The fourth-order valence-electron chi connectivity index (χ4n) is 3.02. The van der Waals surface area contributed by atoms with Gasteiger partial charge in [-0.25, -0.2) is 0 Å². The molecule has 6 heteroatoms. The molecule has 0 spiro atoms. The third-order valence-electron chi connectivity index (χ3n) is 4.61. The van der Waals surface area contributed by atoms with Crippen molar-refractivity contribution in [3.63, 3.8) is 0 Å². The van der Waals surface area contributed by atoms with Gasteiger partial charge in [-0.1, -0.05) is 42.5 Å². The van der Waals surface area contributed by atoms with Crippen molar-refractivity contribution < 1.29 is 10.2 Å². The van der Waals surface area contributed by atoms with Crippen LogP contribution in [0.5, 0.6) is 5.75 Å². The van der Waals surface area contributed by atoms with Gasteiger partial charge >= 0.3 is 0 Å². The fraction of sp³-hybridized carbons (Fsp3) is 0.0833. The lowest BCUT2D eigenvalue weighted by Crippen LogP contribution is -1.88. The SMILES string of the molecule is OCCc1ccc(N=Nc2ccc(/N=N\c3c(O)ccc4ccccc34)cc2)cc1. The van der Waals surface area contributed by atoms with Gasteiger partial charge in [0.15, 0.2) is 0 Å². The van der Waals surface area contributed by atoms with Crippen LogP contribution in [0.4, 0.5) is 22.7 Å². The normalized spacial score (nSPS) is 11.6. The number of azo groups is 2. The molecule has 4 rings (SSSR count). The van der Waals surface area contributed by atoms with Crippen molar-refractivity contribution >= 4 is 33.5 Å². The topological polar surface area (TPSA) is 89.9 Å². The zero-order valence-electron chi connectivity index (χ0n) is 16.2. The molecule has 0 aliphatic rings. The minimum absolute atomic E-state index is 0.0906. The number of hydrogen-bond donors (Lipinski definition) is 2. The second-order valence-corrected chi connectivity index (χ2v) is 6.71. The van der Waals surface area contributed by atoms with E-state index in [0.29, 0.717) is 23.5 Å². The Labute approximate surface area is 173 Å². The molecule has 148 valence electrons. The van der Waals surface area contributed by atoms with Crippen LogP contribution in [-0.2, 0) is 6.42 Å². The predicted molar refractivity (Wildman–Crippen MR) is 118 cm³/mol. The number of hydrogen-bond acceptors (Lipinski definition) is 6. The molecule has 0 aromatic heterocycles. The molecule has 4 aromatic rings. The molecule has 0 aliphatic carbocycles. The number of aromatic hydroxyl groups is 1. The molecule has 0 radical (unpaired) electrons. The maximum atomic E-state index is 10.2. The first-order valence-corrected chi connectivity index (χ1v) is 9.57. The van der Waals surface area contributed by atoms with E-state index in [2.05, 4.69) is 20.5 Å². The first kappa shape index (κ1) is 19.4. The quantitative estimate of drug-likeness (QED) is 0.347. The van der Waals surface area contributed by atoms with Crippen LogP contribution >= 0.6 is 0 Å². The third kappa shape index (κ3) is 4.56. The number of nitrogens with zero attached hydrogens (tertiary/aromatic N) is 4. The van der Waals surface area contributed by atoms with Gasteiger partial charge in [0.2, 0.25) is 0 Å². The zero-order valence-corrected chi connectivity index (χ0v) is 16.2. The standard InChI is InChI=1S/C24H20N4O2/c29-16-15-17-5-8-19(9-6-17)25-26-20-10-12-21(13-11-20)27-28-24-22-4-2-1-3-18(22)7-14-23(24)30/h1-14,29-30H,15-16H2/b26-25?,28-27-. The monoisotopic (exact) mass is 396 g/mol. The van der Waals surface area contributed by atoms with Crippen molar-refractivity contribution in [3.8, 4) is 5.75 Å². The number of rotatable bonds is 6. The maximum absolute atomic E-state index is 10.2. The molecule has 0 saturated carbocycles. The van der Waals surface area contributed by atoms with E-state index in [9.17, 15) is 5.11 Å². The van der Waals surface area contributed by atoms with Crippen LogP contribution in [0.3, 0.4) is 0 Å². The van der Waals surface area contributed by atoms with E-state index < -0.39 is 0 Å². The second kappa shape index (κ2) is 9.07. The molecule has 2 N–H and O–H groups in total. The minimum atomic E-state index is 0.0906. The number of aliphatic hydroxyl groups is 1.